The van der Waals surface area contributed by atoms with Crippen molar-refractivity contribution in [2.75, 3.05) is 18.6 Å². The van der Waals surface area contributed by atoms with Crippen molar-refractivity contribution in [3.8, 4) is 0 Å². The summed E-state index contributed by atoms with van der Waals surface area (Å²) < 4.78 is 28.7. The van der Waals surface area contributed by atoms with Crippen LogP contribution in [-0.2, 0) is 22.9 Å². The monoisotopic (exact) mass is 314 g/mol. The van der Waals surface area contributed by atoms with Crippen molar-refractivity contribution in [1.29, 1.82) is 0 Å². The first-order chi connectivity index (χ1) is 9.66. The van der Waals surface area contributed by atoms with Crippen molar-refractivity contribution in [2.24, 2.45) is 0 Å². The summed E-state index contributed by atoms with van der Waals surface area (Å²) in [5.41, 5.74) is 1.19. The molecular weight excluding hydrogens is 288 g/mol. The predicted molar refractivity (Wildman–Crippen MR) is 83.8 cm³/mol. The van der Waals surface area contributed by atoms with Gasteiger partial charge >= 0.3 is 0 Å². The lowest BCUT2D eigenvalue weighted by Gasteiger charge is -2.23. The van der Waals surface area contributed by atoms with Gasteiger partial charge in [0.1, 0.15) is 5.76 Å². The zero-order valence-electron chi connectivity index (χ0n) is 13.3. The molecule has 1 fully saturated rings. The Bertz CT molecular complexity index is 572. The minimum atomic E-state index is -2.84. The lowest BCUT2D eigenvalue weighted by molar-refractivity contribution is 0.232. The van der Waals surface area contributed by atoms with Gasteiger partial charge in [-0.1, -0.05) is 0 Å². The summed E-state index contributed by atoms with van der Waals surface area (Å²) in [6, 6.07) is 2.08. The molecule has 6 heteroatoms. The van der Waals surface area contributed by atoms with Crippen molar-refractivity contribution >= 4 is 9.84 Å². The Balaban J connectivity index is 1.96. The molecule has 120 valence electrons. The molecule has 5 nitrogen and oxygen atoms in total. The van der Waals surface area contributed by atoms with Crippen molar-refractivity contribution < 1.29 is 12.8 Å². The molecule has 2 heterocycles. The summed E-state index contributed by atoms with van der Waals surface area (Å²) in [5.74, 6) is 1.48. The summed E-state index contributed by atoms with van der Waals surface area (Å²) in [5, 5.41) is 3.45. The van der Waals surface area contributed by atoms with E-state index in [1.54, 1.807) is 6.26 Å². The quantitative estimate of drug-likeness (QED) is 0.898. The van der Waals surface area contributed by atoms with Crippen LogP contribution in [0.2, 0.25) is 0 Å². The van der Waals surface area contributed by atoms with Gasteiger partial charge in [-0.15, -0.1) is 0 Å². The third kappa shape index (κ3) is 4.83. The van der Waals surface area contributed by atoms with Crippen molar-refractivity contribution in [2.45, 2.75) is 51.9 Å². The SMILES string of the molecule is CN(Cc1occc1CNC(C)(C)C)C1CCS(=O)(=O)C1. The van der Waals surface area contributed by atoms with Gasteiger partial charge in [0.2, 0.25) is 0 Å². The average Bonchev–Trinajstić information content (AvgIpc) is 2.92. The van der Waals surface area contributed by atoms with Crippen molar-refractivity contribution in [1.82, 2.24) is 10.2 Å². The van der Waals surface area contributed by atoms with Crippen LogP contribution in [-0.4, -0.2) is 43.5 Å². The first-order valence-electron chi connectivity index (χ1n) is 7.37. The maximum absolute atomic E-state index is 11.6. The number of furan rings is 1. The Morgan fingerprint density at radius 1 is 1.43 bits per heavy atom. The second-order valence-corrected chi connectivity index (χ2v) is 9.17. The fourth-order valence-corrected chi connectivity index (χ4v) is 4.31. The lowest BCUT2D eigenvalue weighted by Crippen LogP contribution is -2.36. The Kier molecular flexibility index (Phi) is 4.80. The van der Waals surface area contributed by atoms with Crippen LogP contribution >= 0.6 is 0 Å². The molecule has 0 spiro atoms. The fraction of sp³-hybridized carbons (Fsp3) is 0.733. The third-order valence-electron chi connectivity index (χ3n) is 3.87. The Morgan fingerprint density at radius 2 is 2.14 bits per heavy atom. The van der Waals surface area contributed by atoms with E-state index < -0.39 is 9.84 Å². The third-order valence-corrected chi connectivity index (χ3v) is 5.62. The normalized spacial score (nSPS) is 22.0. The van der Waals surface area contributed by atoms with Crippen LogP contribution < -0.4 is 5.32 Å². The maximum atomic E-state index is 11.6. The molecule has 1 aromatic rings. The number of nitrogens with zero attached hydrogens (tertiary/aromatic N) is 1. The molecule has 0 saturated carbocycles. The second-order valence-electron chi connectivity index (χ2n) is 6.94. The first-order valence-corrected chi connectivity index (χ1v) is 9.19. The van der Waals surface area contributed by atoms with E-state index in [4.69, 9.17) is 4.42 Å². The van der Waals surface area contributed by atoms with Gasteiger partial charge in [0.15, 0.2) is 9.84 Å². The standard InChI is InChI=1S/C15H26N2O3S/c1-15(2,3)16-9-12-5-7-20-14(12)10-17(4)13-6-8-21(18,19)11-13/h5,7,13,16H,6,8-11H2,1-4H3. The highest BCUT2D eigenvalue weighted by molar-refractivity contribution is 7.91. The Labute approximate surface area is 127 Å². The van der Waals surface area contributed by atoms with Crippen LogP contribution in [0.4, 0.5) is 0 Å². The zero-order chi connectivity index (χ0) is 15.7. The maximum Gasteiger partial charge on any atom is 0.151 e. The predicted octanol–water partition coefficient (Wildman–Crippen LogP) is 1.79. The summed E-state index contributed by atoms with van der Waals surface area (Å²) in [6.45, 7) is 7.79. The molecule has 0 bridgehead atoms. The Hall–Kier alpha value is -0.850. The highest BCUT2D eigenvalue weighted by Gasteiger charge is 2.31. The van der Waals surface area contributed by atoms with Crippen LogP contribution in [0, 0.1) is 0 Å². The highest BCUT2D eigenvalue weighted by atomic mass is 32.2. The smallest absolute Gasteiger partial charge is 0.151 e. The molecule has 0 aliphatic carbocycles. The van der Waals surface area contributed by atoms with E-state index in [9.17, 15) is 8.42 Å². The van der Waals surface area contributed by atoms with Crippen LogP contribution in [0.1, 0.15) is 38.5 Å². The molecule has 1 aromatic heterocycles. The molecular formula is C15H26N2O3S. The van der Waals surface area contributed by atoms with Crippen LogP contribution in [0.3, 0.4) is 0 Å². The number of nitrogens with one attached hydrogen (secondary N) is 1. The van der Waals surface area contributed by atoms with Crippen LogP contribution in [0.25, 0.3) is 0 Å². The number of hydrogen-bond acceptors (Lipinski definition) is 5. The molecule has 1 aliphatic rings. The van der Waals surface area contributed by atoms with E-state index in [1.807, 2.05) is 13.1 Å². The average molecular weight is 314 g/mol. The van der Waals surface area contributed by atoms with E-state index in [0.717, 1.165) is 24.3 Å². The summed E-state index contributed by atoms with van der Waals surface area (Å²) in [6.07, 6.45) is 2.42. The Morgan fingerprint density at radius 3 is 2.71 bits per heavy atom. The molecule has 1 unspecified atom stereocenters. The molecule has 2 rings (SSSR count). The second kappa shape index (κ2) is 6.10. The van der Waals surface area contributed by atoms with Gasteiger partial charge in [0, 0.05) is 23.7 Å². The molecule has 1 atom stereocenters. The molecule has 1 saturated heterocycles. The topological polar surface area (TPSA) is 62.6 Å². The minimum absolute atomic E-state index is 0.0555. The van der Waals surface area contributed by atoms with E-state index in [1.165, 1.54) is 0 Å². The number of sulfone groups is 1. The van der Waals surface area contributed by atoms with Crippen molar-refractivity contribution in [3.05, 3.63) is 23.7 Å². The molecule has 0 amide bonds. The van der Waals surface area contributed by atoms with Gasteiger partial charge in [0.25, 0.3) is 0 Å². The minimum Gasteiger partial charge on any atom is -0.468 e. The number of rotatable bonds is 5. The van der Waals surface area contributed by atoms with E-state index in [-0.39, 0.29) is 17.3 Å². The van der Waals surface area contributed by atoms with Gasteiger partial charge in [-0.2, -0.15) is 0 Å². The molecule has 21 heavy (non-hydrogen) atoms. The molecule has 1 N–H and O–H groups in total. The van der Waals surface area contributed by atoms with Gasteiger partial charge < -0.3 is 9.73 Å². The summed E-state index contributed by atoms with van der Waals surface area (Å²) in [7, 11) is -0.876. The molecule has 0 radical (unpaired) electrons. The number of hydrogen-bond donors (Lipinski definition) is 1. The van der Waals surface area contributed by atoms with Gasteiger partial charge in [-0.05, 0) is 40.3 Å². The lowest BCUT2D eigenvalue weighted by atomic mass is 10.1. The summed E-state index contributed by atoms with van der Waals surface area (Å²) in [4.78, 5) is 2.09. The van der Waals surface area contributed by atoms with E-state index >= 15 is 0 Å². The van der Waals surface area contributed by atoms with E-state index in [0.29, 0.717) is 12.3 Å². The zero-order valence-corrected chi connectivity index (χ0v) is 14.2. The van der Waals surface area contributed by atoms with E-state index in [2.05, 4.69) is 31.0 Å². The van der Waals surface area contributed by atoms with Gasteiger partial charge in [-0.3, -0.25) is 4.90 Å². The highest BCUT2D eigenvalue weighted by Crippen LogP contribution is 2.20. The van der Waals surface area contributed by atoms with Crippen molar-refractivity contribution in [3.63, 3.8) is 0 Å². The molecule has 0 aromatic carbocycles. The van der Waals surface area contributed by atoms with Gasteiger partial charge in [-0.25, -0.2) is 8.42 Å². The van der Waals surface area contributed by atoms with Crippen LogP contribution in [0.5, 0.6) is 0 Å². The molecule has 1 aliphatic heterocycles. The van der Waals surface area contributed by atoms with Crippen LogP contribution in [0.15, 0.2) is 16.7 Å². The van der Waals surface area contributed by atoms with Gasteiger partial charge in [0.05, 0.1) is 24.3 Å². The first kappa shape index (κ1) is 16.5. The fourth-order valence-electron chi connectivity index (χ4n) is 2.50. The largest absolute Gasteiger partial charge is 0.468 e. The summed E-state index contributed by atoms with van der Waals surface area (Å²) >= 11 is 0.